The van der Waals surface area contributed by atoms with Crippen molar-refractivity contribution in [2.75, 3.05) is 0 Å². The lowest BCUT2D eigenvalue weighted by Gasteiger charge is -1.92. The monoisotopic (exact) mass is 137 g/mol. The van der Waals surface area contributed by atoms with Gasteiger partial charge in [-0.2, -0.15) is 0 Å². The van der Waals surface area contributed by atoms with E-state index in [0.717, 1.165) is 0 Å². The first-order valence-corrected chi connectivity index (χ1v) is 2.79. The topological polar surface area (TPSA) is 58.4 Å². The van der Waals surface area contributed by atoms with E-state index in [9.17, 15) is 0 Å². The summed E-state index contributed by atoms with van der Waals surface area (Å²) in [6.07, 6.45) is 3.00. The van der Waals surface area contributed by atoms with Gasteiger partial charge in [0.25, 0.3) is 0 Å². The van der Waals surface area contributed by atoms with E-state index in [4.69, 9.17) is 5.21 Å². The maximum atomic E-state index is 8.32. The van der Waals surface area contributed by atoms with Crippen molar-refractivity contribution in [3.63, 3.8) is 0 Å². The molecule has 0 bridgehead atoms. The van der Waals surface area contributed by atoms with Crippen LogP contribution in [0.2, 0.25) is 0 Å². The van der Waals surface area contributed by atoms with Crippen molar-refractivity contribution in [3.05, 3.63) is 24.3 Å². The van der Waals surface area contributed by atoms with Crippen molar-refractivity contribution in [1.82, 2.24) is 9.97 Å². The van der Waals surface area contributed by atoms with Gasteiger partial charge in [-0.1, -0.05) is 5.16 Å². The molecule has 1 heterocycles. The Bertz CT molecular complexity index is 232. The molecule has 52 valence electrons. The van der Waals surface area contributed by atoms with Crippen LogP contribution < -0.4 is 0 Å². The zero-order valence-electron chi connectivity index (χ0n) is 5.52. The molecular weight excluding hydrogens is 130 g/mol. The summed E-state index contributed by atoms with van der Waals surface area (Å²) >= 11 is 0. The first kappa shape index (κ1) is 6.67. The van der Waals surface area contributed by atoms with Crippen molar-refractivity contribution < 1.29 is 5.21 Å². The molecule has 10 heavy (non-hydrogen) atoms. The van der Waals surface area contributed by atoms with E-state index in [0.29, 0.717) is 11.4 Å². The predicted molar refractivity (Wildman–Crippen MR) is 36.0 cm³/mol. The smallest absolute Gasteiger partial charge is 0.116 e. The van der Waals surface area contributed by atoms with Gasteiger partial charge in [0.1, 0.15) is 12.0 Å². The van der Waals surface area contributed by atoms with Crippen molar-refractivity contribution in [2.24, 2.45) is 5.16 Å². The quantitative estimate of drug-likeness (QED) is 0.351. The fraction of sp³-hybridized carbons (Fsp3) is 0.167. The van der Waals surface area contributed by atoms with Crippen LogP contribution in [0.5, 0.6) is 0 Å². The number of rotatable bonds is 1. The second kappa shape index (κ2) is 2.91. The van der Waals surface area contributed by atoms with Gasteiger partial charge in [-0.3, -0.25) is 0 Å². The zero-order valence-corrected chi connectivity index (χ0v) is 5.52. The molecule has 0 radical (unpaired) electrons. The summed E-state index contributed by atoms with van der Waals surface area (Å²) in [7, 11) is 0. The second-order valence-electron chi connectivity index (χ2n) is 1.78. The van der Waals surface area contributed by atoms with Crippen molar-refractivity contribution in [3.8, 4) is 0 Å². The molecule has 0 aromatic carbocycles. The normalized spacial score (nSPS) is 11.5. The predicted octanol–water partition coefficient (Wildman–Crippen LogP) is 0.675. The van der Waals surface area contributed by atoms with Crippen molar-refractivity contribution in [2.45, 2.75) is 6.92 Å². The van der Waals surface area contributed by atoms with Crippen LogP contribution in [-0.2, 0) is 0 Å². The largest absolute Gasteiger partial charge is 0.411 e. The Morgan fingerprint density at radius 1 is 1.70 bits per heavy atom. The lowest BCUT2D eigenvalue weighted by Crippen LogP contribution is -1.97. The van der Waals surface area contributed by atoms with E-state index in [1.807, 2.05) is 0 Å². The van der Waals surface area contributed by atoms with Crippen LogP contribution in [0.1, 0.15) is 12.6 Å². The SMILES string of the molecule is CC(=NO)c1ccncn1. The average Bonchev–Trinajstić information content (AvgIpc) is 2.05. The molecule has 0 saturated heterocycles. The van der Waals surface area contributed by atoms with Crippen molar-refractivity contribution in [1.29, 1.82) is 0 Å². The molecule has 0 atom stereocenters. The summed E-state index contributed by atoms with van der Waals surface area (Å²) in [5.41, 5.74) is 1.12. The summed E-state index contributed by atoms with van der Waals surface area (Å²) in [6.45, 7) is 1.67. The minimum Gasteiger partial charge on any atom is -0.411 e. The second-order valence-corrected chi connectivity index (χ2v) is 1.78. The summed E-state index contributed by atoms with van der Waals surface area (Å²) in [5, 5.41) is 11.3. The molecule has 0 aliphatic rings. The zero-order chi connectivity index (χ0) is 7.40. The third-order valence-electron chi connectivity index (χ3n) is 1.10. The van der Waals surface area contributed by atoms with Gasteiger partial charge in [-0.05, 0) is 13.0 Å². The molecule has 1 aromatic rings. The number of nitrogens with zero attached hydrogens (tertiary/aromatic N) is 3. The molecule has 4 heteroatoms. The molecule has 0 amide bonds. The molecule has 0 fully saturated rings. The van der Waals surface area contributed by atoms with E-state index in [2.05, 4.69) is 15.1 Å². The standard InChI is InChI=1S/C6H7N3O/c1-5(9-10)6-2-3-7-4-8-6/h2-4,10H,1H3. The number of hydrogen-bond acceptors (Lipinski definition) is 4. The number of aromatic nitrogens is 2. The van der Waals surface area contributed by atoms with E-state index in [-0.39, 0.29) is 0 Å². The first-order valence-electron chi connectivity index (χ1n) is 2.79. The molecule has 0 unspecified atom stereocenters. The van der Waals surface area contributed by atoms with Gasteiger partial charge in [-0.25, -0.2) is 9.97 Å². The molecule has 1 rings (SSSR count). The summed E-state index contributed by atoms with van der Waals surface area (Å²) in [4.78, 5) is 7.56. The molecular formula is C6H7N3O. The Labute approximate surface area is 58.2 Å². The number of oxime groups is 1. The van der Waals surface area contributed by atoms with E-state index < -0.39 is 0 Å². The van der Waals surface area contributed by atoms with Crippen LogP contribution in [0.3, 0.4) is 0 Å². The maximum Gasteiger partial charge on any atom is 0.116 e. The Balaban J connectivity index is 2.96. The van der Waals surface area contributed by atoms with Crippen LogP contribution in [0.4, 0.5) is 0 Å². The molecule has 4 nitrogen and oxygen atoms in total. The summed E-state index contributed by atoms with van der Waals surface area (Å²) < 4.78 is 0. The van der Waals surface area contributed by atoms with Crippen LogP contribution in [0.25, 0.3) is 0 Å². The van der Waals surface area contributed by atoms with Gasteiger partial charge in [0.2, 0.25) is 0 Å². The Morgan fingerprint density at radius 2 is 2.50 bits per heavy atom. The summed E-state index contributed by atoms with van der Waals surface area (Å²) in [6, 6.07) is 1.68. The van der Waals surface area contributed by atoms with E-state index in [1.54, 1.807) is 19.2 Å². The van der Waals surface area contributed by atoms with Crippen molar-refractivity contribution >= 4 is 5.71 Å². The molecule has 1 aromatic heterocycles. The lowest BCUT2D eigenvalue weighted by molar-refractivity contribution is 0.319. The highest BCUT2D eigenvalue weighted by molar-refractivity contribution is 5.96. The van der Waals surface area contributed by atoms with Gasteiger partial charge < -0.3 is 5.21 Å². The van der Waals surface area contributed by atoms with Gasteiger partial charge in [0.15, 0.2) is 0 Å². The highest BCUT2D eigenvalue weighted by atomic mass is 16.4. The van der Waals surface area contributed by atoms with Gasteiger partial charge >= 0.3 is 0 Å². The molecule has 1 N–H and O–H groups in total. The third-order valence-corrected chi connectivity index (χ3v) is 1.10. The van der Waals surface area contributed by atoms with Crippen LogP contribution in [-0.4, -0.2) is 20.9 Å². The molecule has 0 aliphatic carbocycles. The lowest BCUT2D eigenvalue weighted by atomic mass is 10.3. The number of hydrogen-bond donors (Lipinski definition) is 1. The van der Waals surface area contributed by atoms with E-state index >= 15 is 0 Å². The van der Waals surface area contributed by atoms with Crippen LogP contribution in [0.15, 0.2) is 23.7 Å². The average molecular weight is 137 g/mol. The molecule has 0 aliphatic heterocycles. The van der Waals surface area contributed by atoms with Crippen LogP contribution >= 0.6 is 0 Å². The fourth-order valence-electron chi connectivity index (χ4n) is 0.556. The van der Waals surface area contributed by atoms with Gasteiger partial charge in [0, 0.05) is 6.20 Å². The molecule has 0 spiro atoms. The van der Waals surface area contributed by atoms with Crippen LogP contribution in [0, 0.1) is 0 Å². The fourth-order valence-corrected chi connectivity index (χ4v) is 0.556. The minimum absolute atomic E-state index is 0.488. The summed E-state index contributed by atoms with van der Waals surface area (Å²) in [5.74, 6) is 0. The van der Waals surface area contributed by atoms with Gasteiger partial charge in [-0.15, -0.1) is 0 Å². The maximum absolute atomic E-state index is 8.32. The third kappa shape index (κ3) is 1.28. The van der Waals surface area contributed by atoms with E-state index in [1.165, 1.54) is 6.33 Å². The highest BCUT2D eigenvalue weighted by Gasteiger charge is 1.95. The van der Waals surface area contributed by atoms with Gasteiger partial charge in [0.05, 0.1) is 5.69 Å². The first-order chi connectivity index (χ1) is 4.84. The Kier molecular flexibility index (Phi) is 1.94. The highest BCUT2D eigenvalue weighted by Crippen LogP contribution is 1.92. The minimum atomic E-state index is 0.488. The Hall–Kier alpha value is -1.45. The molecule has 0 saturated carbocycles. The Morgan fingerprint density at radius 3 is 3.00 bits per heavy atom.